The smallest absolute Gasteiger partial charge is 0.269 e. The van der Waals surface area contributed by atoms with Crippen molar-refractivity contribution in [3.05, 3.63) is 57.5 Å². The molecule has 0 amide bonds. The first kappa shape index (κ1) is 15.9. The molecule has 6 nitrogen and oxygen atoms in total. The second-order valence-electron chi connectivity index (χ2n) is 5.95. The number of nitrogens with zero attached hydrogens (tertiary/aromatic N) is 3. The fraction of sp³-hybridized carbons (Fsp3) is 0.412. The van der Waals surface area contributed by atoms with Gasteiger partial charge in [0.1, 0.15) is 13.1 Å². The monoisotopic (exact) mass is 315 g/mol. The Labute approximate surface area is 135 Å². The van der Waals surface area contributed by atoms with Crippen LogP contribution in [-0.4, -0.2) is 47.3 Å². The molecule has 0 N–H and O–H groups in total. The molecule has 0 spiro atoms. The number of hydrogen-bond acceptors (Lipinski definition) is 4. The molecule has 1 fully saturated rings. The van der Waals surface area contributed by atoms with Crippen LogP contribution in [0.25, 0.3) is 11.3 Å². The van der Waals surface area contributed by atoms with Crippen molar-refractivity contribution >= 4 is 0 Å². The van der Waals surface area contributed by atoms with Crippen LogP contribution in [0.5, 0.6) is 0 Å². The first-order valence-electron chi connectivity index (χ1n) is 7.86. The Kier molecular flexibility index (Phi) is 4.56. The fourth-order valence-corrected chi connectivity index (χ4v) is 2.75. The number of quaternary nitrogens is 1. The molecule has 2 aromatic rings. The summed E-state index contributed by atoms with van der Waals surface area (Å²) < 4.78 is 6.34. The molecule has 6 heteroatoms. The molecule has 0 radical (unpaired) electrons. The van der Waals surface area contributed by atoms with Crippen LogP contribution in [0.1, 0.15) is 5.56 Å². The average molecular weight is 315 g/mol. The zero-order valence-electron chi connectivity index (χ0n) is 13.3. The van der Waals surface area contributed by atoms with Crippen molar-refractivity contribution in [1.82, 2.24) is 9.78 Å². The molecule has 122 valence electrons. The van der Waals surface area contributed by atoms with Crippen LogP contribution < -0.4 is 5.56 Å². The fourth-order valence-electron chi connectivity index (χ4n) is 2.75. The van der Waals surface area contributed by atoms with Crippen LogP contribution >= 0.6 is 0 Å². The highest BCUT2D eigenvalue weighted by molar-refractivity contribution is 5.58. The summed E-state index contributed by atoms with van der Waals surface area (Å²) in [7, 11) is 0. The number of benzene rings is 1. The number of ether oxygens (including phenoxy) is 1. The van der Waals surface area contributed by atoms with Gasteiger partial charge < -0.3 is 14.6 Å². The minimum atomic E-state index is -0.317. The molecular formula is C17H21N3O3. The van der Waals surface area contributed by atoms with E-state index >= 15 is 0 Å². The lowest BCUT2D eigenvalue weighted by atomic mass is 10.1. The maximum absolute atomic E-state index is 12.6. The number of hydroxylamine groups is 3. The third kappa shape index (κ3) is 3.67. The van der Waals surface area contributed by atoms with Crippen molar-refractivity contribution in [2.45, 2.75) is 13.5 Å². The van der Waals surface area contributed by atoms with E-state index in [1.165, 1.54) is 4.68 Å². The Balaban J connectivity index is 1.84. The molecule has 23 heavy (non-hydrogen) atoms. The average Bonchev–Trinajstić information content (AvgIpc) is 2.57. The second-order valence-corrected chi connectivity index (χ2v) is 5.95. The van der Waals surface area contributed by atoms with Crippen LogP contribution in [0.4, 0.5) is 0 Å². The van der Waals surface area contributed by atoms with Crippen molar-refractivity contribution in [2.75, 3.05) is 32.8 Å². The van der Waals surface area contributed by atoms with Crippen molar-refractivity contribution < 1.29 is 9.38 Å². The largest absolute Gasteiger partial charge is 0.633 e. The second kappa shape index (κ2) is 6.62. The molecule has 1 aromatic heterocycles. The van der Waals surface area contributed by atoms with Crippen molar-refractivity contribution in [2.24, 2.45) is 0 Å². The van der Waals surface area contributed by atoms with Gasteiger partial charge in [-0.05, 0) is 13.0 Å². The molecule has 0 saturated carbocycles. The molecule has 0 bridgehead atoms. The zero-order valence-corrected chi connectivity index (χ0v) is 13.3. The first-order chi connectivity index (χ1) is 11.1. The lowest BCUT2D eigenvalue weighted by Gasteiger charge is -2.45. The summed E-state index contributed by atoms with van der Waals surface area (Å²) in [4.78, 5) is 12.3. The highest BCUT2D eigenvalue weighted by Crippen LogP contribution is 2.16. The summed E-state index contributed by atoms with van der Waals surface area (Å²) in [5, 5.41) is 17.0. The Hall–Kier alpha value is -2.02. The van der Waals surface area contributed by atoms with Crippen LogP contribution in [0, 0.1) is 12.1 Å². The molecular weight excluding hydrogens is 294 g/mol. The summed E-state index contributed by atoms with van der Waals surface area (Å²) in [6.07, 6.45) is 0. The van der Waals surface area contributed by atoms with Gasteiger partial charge in [-0.2, -0.15) is 5.10 Å². The molecule has 1 saturated heterocycles. The summed E-state index contributed by atoms with van der Waals surface area (Å²) in [6, 6.07) is 11.5. The topological polar surface area (TPSA) is 67.2 Å². The van der Waals surface area contributed by atoms with Gasteiger partial charge in [-0.15, -0.1) is 0 Å². The van der Waals surface area contributed by atoms with Gasteiger partial charge in [-0.3, -0.25) is 4.79 Å². The van der Waals surface area contributed by atoms with Crippen molar-refractivity contribution in [3.63, 3.8) is 0 Å². The maximum Gasteiger partial charge on any atom is 0.269 e. The van der Waals surface area contributed by atoms with Gasteiger partial charge >= 0.3 is 0 Å². The van der Waals surface area contributed by atoms with Gasteiger partial charge in [0.25, 0.3) is 5.56 Å². The van der Waals surface area contributed by atoms with Crippen LogP contribution in [-0.2, 0) is 11.3 Å². The normalized spacial score (nSPS) is 17.1. The highest BCUT2D eigenvalue weighted by Gasteiger charge is 2.21. The number of aryl methyl sites for hydroxylation is 1. The lowest BCUT2D eigenvalue weighted by molar-refractivity contribution is -0.889. The Morgan fingerprint density at radius 1 is 1.26 bits per heavy atom. The quantitative estimate of drug-likeness (QED) is 0.634. The van der Waals surface area contributed by atoms with Gasteiger partial charge in [-0.1, -0.05) is 30.3 Å². The molecule has 1 aliphatic rings. The number of hydrogen-bond donors (Lipinski definition) is 0. The predicted molar refractivity (Wildman–Crippen MR) is 87.7 cm³/mol. The summed E-state index contributed by atoms with van der Waals surface area (Å²) in [6.45, 7) is 4.28. The van der Waals surface area contributed by atoms with Crippen molar-refractivity contribution in [3.8, 4) is 11.3 Å². The molecule has 1 aromatic carbocycles. The van der Waals surface area contributed by atoms with Crippen LogP contribution in [0.15, 0.2) is 41.2 Å². The van der Waals surface area contributed by atoms with Gasteiger partial charge in [0.2, 0.25) is 0 Å². The third-order valence-electron chi connectivity index (χ3n) is 4.23. The first-order valence-corrected chi connectivity index (χ1v) is 7.86. The standard InChI is InChI=1S/C17H21N3O3/c1-14-13-16(15-5-3-2-4-6-15)18-19(17(14)21)7-8-20(22)9-11-23-12-10-20/h2-6,13H,7-12H2,1H3. The van der Waals surface area contributed by atoms with Crippen LogP contribution in [0.2, 0.25) is 0 Å². The van der Waals surface area contributed by atoms with E-state index in [-0.39, 0.29) is 10.2 Å². The zero-order chi connectivity index (χ0) is 16.3. The molecule has 0 unspecified atom stereocenters. The van der Waals surface area contributed by atoms with Gasteiger partial charge in [0.15, 0.2) is 0 Å². The number of rotatable bonds is 4. The summed E-state index contributed by atoms with van der Waals surface area (Å²) in [5.74, 6) is 0. The number of aromatic nitrogens is 2. The van der Waals surface area contributed by atoms with Gasteiger partial charge in [-0.25, -0.2) is 4.68 Å². The molecule has 3 rings (SSSR count). The Bertz CT molecular complexity index is 722. The van der Waals surface area contributed by atoms with Crippen LogP contribution in [0.3, 0.4) is 0 Å². The van der Waals surface area contributed by atoms with E-state index in [4.69, 9.17) is 4.74 Å². The predicted octanol–water partition coefficient (Wildman–Crippen LogP) is 1.56. The third-order valence-corrected chi connectivity index (χ3v) is 4.23. The van der Waals surface area contributed by atoms with E-state index in [1.807, 2.05) is 30.3 Å². The minimum Gasteiger partial charge on any atom is -0.633 e. The maximum atomic E-state index is 12.6. The molecule has 2 heterocycles. The SMILES string of the molecule is Cc1cc(-c2ccccc2)nn(CC[N+]2([O-])CCOCC2)c1=O. The Morgan fingerprint density at radius 3 is 2.65 bits per heavy atom. The van der Waals surface area contributed by atoms with E-state index in [9.17, 15) is 10.0 Å². The van der Waals surface area contributed by atoms with Crippen molar-refractivity contribution in [1.29, 1.82) is 0 Å². The molecule has 1 aliphatic heterocycles. The molecule has 0 atom stereocenters. The van der Waals surface area contributed by atoms with E-state index in [1.54, 1.807) is 13.0 Å². The van der Waals surface area contributed by atoms with E-state index < -0.39 is 0 Å². The minimum absolute atomic E-state index is 0.135. The summed E-state index contributed by atoms with van der Waals surface area (Å²) in [5.41, 5.74) is 2.21. The summed E-state index contributed by atoms with van der Waals surface area (Å²) >= 11 is 0. The van der Waals surface area contributed by atoms with E-state index in [0.717, 1.165) is 11.3 Å². The highest BCUT2D eigenvalue weighted by atomic mass is 16.6. The molecule has 0 aliphatic carbocycles. The van der Waals surface area contributed by atoms with Gasteiger partial charge in [0.05, 0.1) is 32.0 Å². The van der Waals surface area contributed by atoms with Gasteiger partial charge in [0, 0.05) is 11.1 Å². The number of morpholine rings is 1. The Morgan fingerprint density at radius 2 is 1.96 bits per heavy atom. The van der Waals surface area contributed by atoms with E-state index in [0.29, 0.717) is 45.0 Å². The lowest BCUT2D eigenvalue weighted by Crippen LogP contribution is -2.52. The van der Waals surface area contributed by atoms with E-state index in [2.05, 4.69) is 5.10 Å².